The van der Waals surface area contributed by atoms with Crippen molar-refractivity contribution in [2.45, 2.75) is 70.8 Å². The van der Waals surface area contributed by atoms with Crippen LogP contribution in [0.4, 0.5) is 4.39 Å². The third-order valence-corrected chi connectivity index (χ3v) is 9.94. The summed E-state index contributed by atoms with van der Waals surface area (Å²) in [5, 5.41) is 15.0. The Labute approximate surface area is 240 Å². The summed E-state index contributed by atoms with van der Waals surface area (Å²) in [6.45, 7) is 10.00. The highest BCUT2D eigenvalue weighted by molar-refractivity contribution is 7.12. The van der Waals surface area contributed by atoms with E-state index in [1.807, 2.05) is 36.2 Å². The maximum absolute atomic E-state index is 13.2. The fourth-order valence-electron chi connectivity index (χ4n) is 5.84. The number of carboxylic acids is 1. The molecule has 1 aromatic carbocycles. The van der Waals surface area contributed by atoms with Crippen LogP contribution in [0.15, 0.2) is 41.1 Å². The first kappa shape index (κ1) is 29.8. The third-order valence-electron chi connectivity index (χ3n) is 7.95. The number of aromatic nitrogens is 1. The molecular formula is C31H42FN3O2S2. The topological polar surface area (TPSA) is 56.7 Å². The Morgan fingerprint density at radius 1 is 1.15 bits per heavy atom. The molecule has 1 N–H and O–H groups in total. The number of nitrogens with zero attached hydrogens (tertiary/aromatic N) is 3. The molecule has 2 unspecified atom stereocenters. The largest absolute Gasteiger partial charge is 0.480 e. The summed E-state index contributed by atoms with van der Waals surface area (Å²) in [5.74, 6) is 0.0550. The number of aliphatic carboxylic acids is 1. The van der Waals surface area contributed by atoms with Crippen LogP contribution in [-0.4, -0.2) is 65.1 Å². The molecule has 8 heteroatoms. The quantitative estimate of drug-likeness (QED) is 0.319. The van der Waals surface area contributed by atoms with E-state index in [0.29, 0.717) is 6.54 Å². The van der Waals surface area contributed by atoms with Crippen LogP contribution in [0.5, 0.6) is 0 Å². The molecule has 0 bridgehead atoms. The van der Waals surface area contributed by atoms with Crippen molar-refractivity contribution in [2.24, 2.45) is 5.92 Å². The molecule has 39 heavy (non-hydrogen) atoms. The highest BCUT2D eigenvalue weighted by Gasteiger charge is 2.34. The van der Waals surface area contributed by atoms with E-state index in [1.54, 1.807) is 28.3 Å². The molecule has 5 rings (SSSR count). The maximum atomic E-state index is 13.2. The molecule has 2 aliphatic heterocycles. The Balaban J connectivity index is 0.000000181. The molecule has 0 aliphatic carbocycles. The number of thiazole rings is 1. The second-order valence-corrected chi connectivity index (χ2v) is 13.1. The molecule has 2 atom stereocenters. The summed E-state index contributed by atoms with van der Waals surface area (Å²) in [7, 11) is 2.23. The monoisotopic (exact) mass is 571 g/mol. The Morgan fingerprint density at radius 2 is 1.90 bits per heavy atom. The number of halogens is 1. The lowest BCUT2D eigenvalue weighted by Gasteiger charge is -2.28. The number of carbonyl (C=O) groups is 1. The Hall–Kier alpha value is -2.13. The van der Waals surface area contributed by atoms with Crippen LogP contribution in [0.1, 0.15) is 78.6 Å². The van der Waals surface area contributed by atoms with Crippen LogP contribution in [-0.2, 0) is 17.6 Å². The molecule has 0 radical (unpaired) electrons. The van der Waals surface area contributed by atoms with Gasteiger partial charge in [-0.3, -0.25) is 9.69 Å². The van der Waals surface area contributed by atoms with Gasteiger partial charge in [0.2, 0.25) is 0 Å². The number of hydrogen-bond acceptors (Lipinski definition) is 6. The second-order valence-electron chi connectivity index (χ2n) is 11.2. The van der Waals surface area contributed by atoms with E-state index in [1.165, 1.54) is 48.3 Å². The van der Waals surface area contributed by atoms with Gasteiger partial charge in [-0.25, -0.2) is 9.37 Å². The van der Waals surface area contributed by atoms with Crippen LogP contribution in [0.25, 0.3) is 0 Å². The van der Waals surface area contributed by atoms with E-state index in [-0.39, 0.29) is 17.7 Å². The van der Waals surface area contributed by atoms with Gasteiger partial charge in [0.25, 0.3) is 0 Å². The van der Waals surface area contributed by atoms with Crippen molar-refractivity contribution in [2.75, 3.05) is 33.2 Å². The third kappa shape index (κ3) is 7.97. The number of likely N-dealkylation sites (tertiary alicyclic amines) is 2. The van der Waals surface area contributed by atoms with E-state index in [2.05, 4.69) is 35.7 Å². The summed E-state index contributed by atoms with van der Waals surface area (Å²) in [6, 6.07) is 8.39. The Morgan fingerprint density at radius 3 is 2.51 bits per heavy atom. The van der Waals surface area contributed by atoms with Gasteiger partial charge in [0.1, 0.15) is 11.9 Å². The summed E-state index contributed by atoms with van der Waals surface area (Å²) >= 11 is 3.74. The van der Waals surface area contributed by atoms with Gasteiger partial charge in [0, 0.05) is 17.8 Å². The van der Waals surface area contributed by atoms with Gasteiger partial charge in [-0.1, -0.05) is 32.9 Å². The minimum absolute atomic E-state index is 0.0729. The molecule has 4 heterocycles. The summed E-state index contributed by atoms with van der Waals surface area (Å²) in [6.07, 6.45) is 5.56. The molecule has 2 aliphatic rings. The normalized spacial score (nSPS) is 19.7. The first-order valence-corrected chi connectivity index (χ1v) is 15.9. The van der Waals surface area contributed by atoms with Gasteiger partial charge >= 0.3 is 5.97 Å². The van der Waals surface area contributed by atoms with Gasteiger partial charge in [0.15, 0.2) is 0 Å². The van der Waals surface area contributed by atoms with E-state index in [9.17, 15) is 14.3 Å². The van der Waals surface area contributed by atoms with Gasteiger partial charge in [-0.15, -0.1) is 11.3 Å². The number of piperidine rings is 1. The first-order valence-electron chi connectivity index (χ1n) is 14.2. The van der Waals surface area contributed by atoms with E-state index >= 15 is 0 Å². The molecule has 0 spiro atoms. The van der Waals surface area contributed by atoms with Gasteiger partial charge < -0.3 is 10.0 Å². The van der Waals surface area contributed by atoms with Gasteiger partial charge in [0.05, 0.1) is 10.7 Å². The zero-order chi connectivity index (χ0) is 27.9. The molecule has 0 saturated carbocycles. The van der Waals surface area contributed by atoms with Crippen LogP contribution in [0.3, 0.4) is 0 Å². The van der Waals surface area contributed by atoms with Crippen molar-refractivity contribution in [1.29, 1.82) is 0 Å². The van der Waals surface area contributed by atoms with Crippen LogP contribution < -0.4 is 0 Å². The van der Waals surface area contributed by atoms with E-state index < -0.39 is 12.0 Å². The minimum atomic E-state index is -0.769. The number of benzene rings is 1. The summed E-state index contributed by atoms with van der Waals surface area (Å²) in [4.78, 5) is 22.2. The maximum Gasteiger partial charge on any atom is 0.321 e. The fraction of sp³-hybridized carbons (Fsp3) is 0.548. The highest BCUT2D eigenvalue weighted by atomic mass is 32.1. The van der Waals surface area contributed by atoms with Crippen molar-refractivity contribution in [3.05, 3.63) is 73.6 Å². The Bertz CT molecular complexity index is 1190. The molecule has 212 valence electrons. The molecule has 2 saturated heterocycles. The van der Waals surface area contributed by atoms with Crippen molar-refractivity contribution in [3.8, 4) is 0 Å². The first-order chi connectivity index (χ1) is 18.7. The van der Waals surface area contributed by atoms with Crippen molar-refractivity contribution in [1.82, 2.24) is 14.8 Å². The average molecular weight is 572 g/mol. The average Bonchev–Trinajstić information content (AvgIpc) is 3.67. The zero-order valence-corrected chi connectivity index (χ0v) is 25.2. The lowest BCUT2D eigenvalue weighted by Crippen LogP contribution is -2.43. The molecule has 5 nitrogen and oxygen atoms in total. The molecule has 3 aromatic rings. The number of rotatable bonds is 8. The number of hydrogen-bond donors (Lipinski definition) is 1. The predicted octanol–water partition coefficient (Wildman–Crippen LogP) is 6.89. The lowest BCUT2D eigenvalue weighted by atomic mass is 9.94. The Kier molecular flexibility index (Phi) is 10.7. The smallest absolute Gasteiger partial charge is 0.321 e. The highest BCUT2D eigenvalue weighted by Crippen LogP contribution is 2.35. The minimum Gasteiger partial charge on any atom is -0.480 e. The van der Waals surface area contributed by atoms with Crippen LogP contribution in [0.2, 0.25) is 0 Å². The zero-order valence-electron chi connectivity index (χ0n) is 23.6. The number of aryl methyl sites for hydroxylation is 1. The summed E-state index contributed by atoms with van der Waals surface area (Å²) in [5.41, 5.74) is 3.73. The number of thiophene rings is 1. The molecule has 2 fully saturated rings. The second kappa shape index (κ2) is 14.0. The fourth-order valence-corrected chi connectivity index (χ4v) is 7.86. The van der Waals surface area contributed by atoms with Crippen molar-refractivity contribution >= 4 is 28.6 Å². The number of carboxylic acid groups (broad SMARTS) is 1. The van der Waals surface area contributed by atoms with E-state index in [0.717, 1.165) is 37.3 Å². The van der Waals surface area contributed by atoms with E-state index in [4.69, 9.17) is 4.98 Å². The standard InChI is InChI=1S/C16H22N2S2.C15H20FNO2/c1-3-14-16(13-4-7-18(2)8-5-13)20-15(17-14)10-12-6-9-19-11-12;1-10(2)14(15(18)19)17-7-6-12(9-17)11-4-3-5-13(16)8-11/h6,9,11,13H,3-5,7-8,10H2,1-2H3;3-5,8,10,12,14H,6-7,9H2,1-2H3,(H,18,19). The van der Waals surface area contributed by atoms with Crippen molar-refractivity contribution in [3.63, 3.8) is 0 Å². The molecular weight excluding hydrogens is 529 g/mol. The lowest BCUT2D eigenvalue weighted by molar-refractivity contribution is -0.144. The predicted molar refractivity (Wildman–Crippen MR) is 160 cm³/mol. The van der Waals surface area contributed by atoms with Crippen molar-refractivity contribution < 1.29 is 14.3 Å². The molecule has 2 aromatic heterocycles. The van der Waals surface area contributed by atoms with Gasteiger partial charge in [-0.2, -0.15) is 11.3 Å². The molecule has 0 amide bonds. The SMILES string of the molecule is CC(C)C(C(=O)O)N1CCC(c2cccc(F)c2)C1.CCc1nc(Cc2ccsc2)sc1C1CCN(C)CC1. The van der Waals surface area contributed by atoms with Crippen LogP contribution >= 0.6 is 22.7 Å². The van der Waals surface area contributed by atoms with Gasteiger partial charge in [-0.05, 0) is 110 Å². The summed E-state index contributed by atoms with van der Waals surface area (Å²) < 4.78 is 13.2. The van der Waals surface area contributed by atoms with Crippen LogP contribution in [0, 0.1) is 11.7 Å².